The number of likely N-dealkylation sites (tertiary alicyclic amines) is 1. The van der Waals surface area contributed by atoms with E-state index < -0.39 is 0 Å². The molecule has 1 aliphatic rings. The molecule has 6 heteroatoms. The maximum absolute atomic E-state index is 12.9. The summed E-state index contributed by atoms with van der Waals surface area (Å²) in [5, 5.41) is 0.677. The number of aromatic nitrogens is 2. The molecule has 1 fully saturated rings. The predicted octanol–water partition coefficient (Wildman–Crippen LogP) is 4.21. The lowest BCUT2D eigenvalue weighted by Crippen LogP contribution is -2.31. The van der Waals surface area contributed by atoms with E-state index in [2.05, 4.69) is 41.2 Å². The molecule has 0 saturated carbocycles. The Hall–Kier alpha value is -2.47. The third-order valence-electron chi connectivity index (χ3n) is 5.66. The number of fused-ring (bicyclic) bond motifs is 1. The van der Waals surface area contributed by atoms with Crippen molar-refractivity contribution in [2.45, 2.75) is 52.5 Å². The van der Waals surface area contributed by atoms with Gasteiger partial charge in [-0.25, -0.2) is 4.98 Å². The normalized spacial score (nSPS) is 16.8. The van der Waals surface area contributed by atoms with E-state index in [9.17, 15) is 9.59 Å². The largest absolute Gasteiger partial charge is 0.336 e. The summed E-state index contributed by atoms with van der Waals surface area (Å²) >= 11 is 1.54. The van der Waals surface area contributed by atoms with E-state index in [4.69, 9.17) is 0 Å². The quantitative estimate of drug-likeness (QED) is 0.720. The third-order valence-corrected chi connectivity index (χ3v) is 6.76. The van der Waals surface area contributed by atoms with Gasteiger partial charge in [-0.15, -0.1) is 11.3 Å². The lowest BCUT2D eigenvalue weighted by Gasteiger charge is -2.25. The first-order valence-electron chi connectivity index (χ1n) is 9.79. The van der Waals surface area contributed by atoms with Crippen LogP contribution in [-0.4, -0.2) is 27.3 Å². The molecule has 4 rings (SSSR count). The minimum absolute atomic E-state index is 0.104. The van der Waals surface area contributed by atoms with E-state index in [0.29, 0.717) is 24.1 Å². The van der Waals surface area contributed by atoms with Gasteiger partial charge in [-0.2, -0.15) is 0 Å². The third kappa shape index (κ3) is 3.49. The second-order valence-electron chi connectivity index (χ2n) is 7.64. The number of aryl methyl sites for hydroxylation is 4. The fourth-order valence-corrected chi connectivity index (χ4v) is 5.12. The van der Waals surface area contributed by atoms with Crippen LogP contribution in [0.15, 0.2) is 29.1 Å². The van der Waals surface area contributed by atoms with Crippen LogP contribution in [0.4, 0.5) is 0 Å². The molecule has 2 aromatic heterocycles. The van der Waals surface area contributed by atoms with Gasteiger partial charge in [0.1, 0.15) is 10.7 Å². The molecule has 1 aromatic carbocycles. The van der Waals surface area contributed by atoms with Crippen LogP contribution in [0, 0.1) is 20.8 Å². The highest BCUT2D eigenvalue weighted by molar-refractivity contribution is 7.18. The highest BCUT2D eigenvalue weighted by atomic mass is 32.1. The number of nitrogens with zero attached hydrogens (tertiary/aromatic N) is 2. The monoisotopic (exact) mass is 395 g/mol. The molecule has 0 spiro atoms. The Balaban J connectivity index is 1.49. The maximum atomic E-state index is 12.9. The number of hydrogen-bond acceptors (Lipinski definition) is 4. The summed E-state index contributed by atoms with van der Waals surface area (Å²) in [4.78, 5) is 36.7. The zero-order valence-electron chi connectivity index (χ0n) is 16.5. The van der Waals surface area contributed by atoms with Crippen LogP contribution in [0.1, 0.15) is 52.7 Å². The van der Waals surface area contributed by atoms with Crippen LogP contribution in [-0.2, 0) is 11.2 Å². The second-order valence-corrected chi connectivity index (χ2v) is 8.84. The van der Waals surface area contributed by atoms with E-state index in [1.54, 1.807) is 0 Å². The molecule has 0 aliphatic carbocycles. The smallest absolute Gasteiger partial charge is 0.259 e. The zero-order valence-corrected chi connectivity index (χ0v) is 17.4. The van der Waals surface area contributed by atoms with E-state index in [0.717, 1.165) is 34.7 Å². The van der Waals surface area contributed by atoms with Gasteiger partial charge in [0, 0.05) is 24.3 Å². The van der Waals surface area contributed by atoms with Crippen molar-refractivity contribution in [3.05, 3.63) is 62.0 Å². The fraction of sp³-hybridized carbons (Fsp3) is 0.409. The van der Waals surface area contributed by atoms with Gasteiger partial charge < -0.3 is 9.88 Å². The summed E-state index contributed by atoms with van der Waals surface area (Å²) in [6.45, 7) is 6.83. The summed E-state index contributed by atoms with van der Waals surface area (Å²) in [6.07, 6.45) is 2.85. The Morgan fingerprint density at radius 2 is 2.14 bits per heavy atom. The minimum Gasteiger partial charge on any atom is -0.336 e. The molecule has 146 valence electrons. The highest BCUT2D eigenvalue weighted by Gasteiger charge is 2.29. The maximum Gasteiger partial charge on any atom is 0.259 e. The number of thiophene rings is 1. The molecule has 0 radical (unpaired) electrons. The van der Waals surface area contributed by atoms with Crippen molar-refractivity contribution in [1.82, 2.24) is 14.9 Å². The van der Waals surface area contributed by atoms with Crippen molar-refractivity contribution in [2.24, 2.45) is 0 Å². The lowest BCUT2D eigenvalue weighted by molar-refractivity contribution is -0.132. The summed E-state index contributed by atoms with van der Waals surface area (Å²) < 4.78 is 0. The molecule has 1 saturated heterocycles. The van der Waals surface area contributed by atoms with Gasteiger partial charge in [-0.1, -0.05) is 29.8 Å². The molecule has 3 heterocycles. The molecule has 1 atom stereocenters. The first kappa shape index (κ1) is 18.9. The van der Waals surface area contributed by atoms with Gasteiger partial charge in [0.15, 0.2) is 0 Å². The van der Waals surface area contributed by atoms with Gasteiger partial charge in [0.25, 0.3) is 5.56 Å². The number of hydrogen-bond donors (Lipinski definition) is 1. The first-order valence-corrected chi connectivity index (χ1v) is 10.6. The van der Waals surface area contributed by atoms with Crippen LogP contribution in [0.3, 0.4) is 0 Å². The molecule has 28 heavy (non-hydrogen) atoms. The standard InChI is InChI=1S/C22H25N3O2S/c1-13-6-4-7-16(12-13)17-8-5-11-25(17)19(26)10-9-18-23-21(27)20-14(2)15(3)28-22(20)24-18/h4,6-7,12,17H,5,8-11H2,1-3H3,(H,23,24,27)/t17-/m1/s1. The molecule has 1 aliphatic heterocycles. The van der Waals surface area contributed by atoms with E-state index in [1.807, 2.05) is 18.7 Å². The molecule has 3 aromatic rings. The number of H-pyrrole nitrogens is 1. The Bertz CT molecular complexity index is 1100. The summed E-state index contributed by atoms with van der Waals surface area (Å²) in [6, 6.07) is 8.57. The molecule has 5 nitrogen and oxygen atoms in total. The van der Waals surface area contributed by atoms with Crippen LogP contribution in [0.5, 0.6) is 0 Å². The Kier molecular flexibility index (Phi) is 5.06. The molecular formula is C22H25N3O2S. The summed E-state index contributed by atoms with van der Waals surface area (Å²) in [5.41, 5.74) is 3.32. The number of rotatable bonds is 4. The van der Waals surface area contributed by atoms with Crippen LogP contribution >= 0.6 is 11.3 Å². The van der Waals surface area contributed by atoms with Gasteiger partial charge >= 0.3 is 0 Å². The lowest BCUT2D eigenvalue weighted by atomic mass is 10.0. The van der Waals surface area contributed by atoms with Crippen molar-refractivity contribution in [3.63, 3.8) is 0 Å². The number of carbonyl (C=O) groups excluding carboxylic acids is 1. The van der Waals surface area contributed by atoms with Gasteiger partial charge in [-0.3, -0.25) is 9.59 Å². The average molecular weight is 396 g/mol. The number of carbonyl (C=O) groups is 1. The predicted molar refractivity (Wildman–Crippen MR) is 113 cm³/mol. The number of benzene rings is 1. The van der Waals surface area contributed by atoms with Gasteiger partial charge in [-0.05, 0) is 44.7 Å². The van der Waals surface area contributed by atoms with E-state index in [1.165, 1.54) is 22.5 Å². The van der Waals surface area contributed by atoms with Crippen molar-refractivity contribution in [2.75, 3.05) is 6.54 Å². The Morgan fingerprint density at radius 3 is 2.93 bits per heavy atom. The van der Waals surface area contributed by atoms with Crippen molar-refractivity contribution < 1.29 is 4.79 Å². The minimum atomic E-state index is -0.104. The number of nitrogens with one attached hydrogen (secondary N) is 1. The van der Waals surface area contributed by atoms with Gasteiger partial charge in [0.05, 0.1) is 11.4 Å². The van der Waals surface area contributed by atoms with Gasteiger partial charge in [0.2, 0.25) is 5.91 Å². The summed E-state index contributed by atoms with van der Waals surface area (Å²) in [7, 11) is 0. The van der Waals surface area contributed by atoms with Crippen LogP contribution < -0.4 is 5.56 Å². The average Bonchev–Trinajstić information content (AvgIpc) is 3.25. The Morgan fingerprint density at radius 1 is 1.32 bits per heavy atom. The molecule has 0 bridgehead atoms. The van der Waals surface area contributed by atoms with Crippen molar-refractivity contribution in [3.8, 4) is 0 Å². The molecule has 1 N–H and O–H groups in total. The van der Waals surface area contributed by atoms with E-state index in [-0.39, 0.29) is 17.5 Å². The van der Waals surface area contributed by atoms with Crippen LogP contribution in [0.25, 0.3) is 10.2 Å². The zero-order chi connectivity index (χ0) is 19.8. The van der Waals surface area contributed by atoms with E-state index >= 15 is 0 Å². The topological polar surface area (TPSA) is 66.1 Å². The SMILES string of the molecule is Cc1cccc([C@H]2CCCN2C(=O)CCc2nc3sc(C)c(C)c3c(=O)[nH]2)c1. The highest BCUT2D eigenvalue weighted by Crippen LogP contribution is 2.33. The fourth-order valence-electron chi connectivity index (χ4n) is 4.08. The Labute approximate surface area is 168 Å². The summed E-state index contributed by atoms with van der Waals surface area (Å²) in [5.74, 6) is 0.726. The second kappa shape index (κ2) is 7.51. The molecule has 0 unspecified atom stereocenters. The van der Waals surface area contributed by atoms with Crippen molar-refractivity contribution in [1.29, 1.82) is 0 Å². The molecular weight excluding hydrogens is 370 g/mol. The van der Waals surface area contributed by atoms with Crippen LogP contribution in [0.2, 0.25) is 0 Å². The number of aromatic amines is 1. The molecule has 1 amide bonds. The van der Waals surface area contributed by atoms with Crippen molar-refractivity contribution >= 4 is 27.5 Å². The number of amides is 1. The first-order chi connectivity index (χ1) is 13.4.